The van der Waals surface area contributed by atoms with Gasteiger partial charge in [0.25, 0.3) is 0 Å². The van der Waals surface area contributed by atoms with E-state index in [0.29, 0.717) is 0 Å². The summed E-state index contributed by atoms with van der Waals surface area (Å²) in [6.45, 7) is 11.9. The Morgan fingerprint density at radius 2 is 1.31 bits per heavy atom. The van der Waals surface area contributed by atoms with Crippen molar-refractivity contribution in [1.29, 1.82) is 0 Å². The van der Waals surface area contributed by atoms with Crippen LogP contribution in [0.3, 0.4) is 0 Å². The van der Waals surface area contributed by atoms with E-state index in [1.165, 1.54) is 110 Å². The third-order valence-electron chi connectivity index (χ3n) is 12.0. The summed E-state index contributed by atoms with van der Waals surface area (Å²) in [5, 5.41) is 8.30. The summed E-state index contributed by atoms with van der Waals surface area (Å²) in [6, 6.07) is 46.9. The van der Waals surface area contributed by atoms with Crippen LogP contribution in [0.1, 0.15) is 16.7 Å². The number of anilines is 3. The monoisotopic (exact) mass is 642 g/mol. The van der Waals surface area contributed by atoms with Crippen molar-refractivity contribution in [3.8, 4) is 22.3 Å². The molecule has 0 fully saturated rings. The third kappa shape index (κ3) is 3.37. The lowest BCUT2D eigenvalue weighted by atomic mass is 9.45. The minimum Gasteiger partial charge on any atom is -0.375 e. The van der Waals surface area contributed by atoms with E-state index in [9.17, 15) is 0 Å². The molecule has 7 aromatic carbocycles. The van der Waals surface area contributed by atoms with Crippen molar-refractivity contribution in [3.63, 3.8) is 0 Å². The topological polar surface area (TPSA) is 8.17 Å². The molecule has 0 saturated heterocycles. The summed E-state index contributed by atoms with van der Waals surface area (Å²) in [5.41, 5.74) is 18.9. The highest BCUT2D eigenvalue weighted by Gasteiger charge is 2.48. The van der Waals surface area contributed by atoms with Crippen molar-refractivity contribution in [2.45, 2.75) is 33.9 Å². The van der Waals surface area contributed by atoms with E-state index in [0.717, 1.165) is 0 Å². The maximum atomic E-state index is 2.71. The number of benzene rings is 7. The number of aryl methyl sites for hydroxylation is 3. The highest BCUT2D eigenvalue weighted by atomic mass is 28.3. The van der Waals surface area contributed by atoms with Gasteiger partial charge in [-0.25, -0.2) is 0 Å². The van der Waals surface area contributed by atoms with Gasteiger partial charge >= 0.3 is 6.85 Å². The number of hydrogen-bond donors (Lipinski definition) is 0. The maximum Gasteiger partial charge on any atom is 0.333 e. The number of hydrogen-bond acceptors (Lipinski definition) is 1. The summed E-state index contributed by atoms with van der Waals surface area (Å²) < 4.78 is 2.71. The van der Waals surface area contributed by atoms with Crippen LogP contribution >= 0.6 is 0 Å². The molecule has 1 aromatic heterocycles. The molecule has 0 spiro atoms. The van der Waals surface area contributed by atoms with Crippen molar-refractivity contribution in [1.82, 2.24) is 4.48 Å². The molecule has 3 aliphatic rings. The average molecular weight is 643 g/mol. The van der Waals surface area contributed by atoms with Gasteiger partial charge in [-0.3, -0.25) is 0 Å². The van der Waals surface area contributed by atoms with E-state index in [1.807, 2.05) is 0 Å². The van der Waals surface area contributed by atoms with Crippen LogP contribution in [0.5, 0.6) is 0 Å². The van der Waals surface area contributed by atoms with Crippen LogP contribution in [0.25, 0.3) is 54.8 Å². The quantitative estimate of drug-likeness (QED) is 0.162. The second-order valence-corrected chi connectivity index (χ2v) is 19.5. The zero-order valence-corrected chi connectivity index (χ0v) is 29.5. The SMILES string of the molecule is Cc1cc(C)c(-c2cc3c4c(c2)N2c5ccccc5[Si](C)(C)c5cccc(c52)B4n2c4cc5ccccc5cc4c4cccc-3c42)c(C)c1. The summed E-state index contributed by atoms with van der Waals surface area (Å²) >= 11 is 0. The van der Waals surface area contributed by atoms with Crippen molar-refractivity contribution >= 4 is 85.9 Å². The molecule has 8 aromatic rings. The minimum atomic E-state index is -2.01. The number of rotatable bonds is 1. The molecule has 0 unspecified atom stereocenters. The molecule has 3 aliphatic heterocycles. The van der Waals surface area contributed by atoms with Gasteiger partial charge in [0.05, 0.1) is 0 Å². The van der Waals surface area contributed by atoms with Gasteiger partial charge < -0.3 is 9.38 Å². The van der Waals surface area contributed by atoms with E-state index in [-0.39, 0.29) is 6.85 Å². The minimum absolute atomic E-state index is 0.0663. The summed E-state index contributed by atoms with van der Waals surface area (Å²) in [7, 11) is -2.01. The van der Waals surface area contributed by atoms with Crippen molar-refractivity contribution in [3.05, 3.63) is 138 Å². The van der Waals surface area contributed by atoms with Crippen LogP contribution in [-0.2, 0) is 0 Å². The Balaban J connectivity index is 1.36. The predicted molar refractivity (Wildman–Crippen MR) is 214 cm³/mol. The largest absolute Gasteiger partial charge is 0.375 e. The van der Waals surface area contributed by atoms with Crippen LogP contribution in [0, 0.1) is 20.8 Å². The van der Waals surface area contributed by atoms with Gasteiger partial charge in [0, 0.05) is 44.4 Å². The zero-order chi connectivity index (χ0) is 32.9. The van der Waals surface area contributed by atoms with Crippen LogP contribution in [0.15, 0.2) is 121 Å². The first kappa shape index (κ1) is 27.6. The standard InChI is InChI=1S/C45H35BN2Si/c1-26-20-27(2)42(28(3)21-26)31-23-35-33-15-10-14-32-34-22-29-12-6-7-13-30(29)24-38(34)48(44(32)33)46-36-16-11-19-41-45(36)47(39(25-31)43(35)46)37-17-8-9-18-40(37)49(41,4)5/h6-25H,1-5H3. The summed E-state index contributed by atoms with van der Waals surface area (Å²) in [6.07, 6.45) is 0. The summed E-state index contributed by atoms with van der Waals surface area (Å²) in [5.74, 6) is 0. The molecule has 4 heterocycles. The van der Waals surface area contributed by atoms with Crippen LogP contribution in [-0.4, -0.2) is 19.4 Å². The first-order valence-electron chi connectivity index (χ1n) is 17.6. The van der Waals surface area contributed by atoms with Gasteiger partial charge in [-0.05, 0) is 111 Å². The van der Waals surface area contributed by atoms with Gasteiger partial charge in [-0.1, -0.05) is 110 Å². The highest BCUT2D eigenvalue weighted by molar-refractivity contribution is 7.04. The Labute approximate surface area is 288 Å². The molecule has 0 atom stereocenters. The van der Waals surface area contributed by atoms with E-state index in [1.54, 1.807) is 0 Å². The molecular formula is C45H35BN2Si. The van der Waals surface area contributed by atoms with E-state index in [2.05, 4.69) is 165 Å². The first-order chi connectivity index (χ1) is 23.8. The number of nitrogens with zero attached hydrogens (tertiary/aromatic N) is 2. The fourth-order valence-electron chi connectivity index (χ4n) is 10.1. The zero-order valence-electron chi connectivity index (χ0n) is 28.5. The molecule has 11 rings (SSSR count). The Kier molecular flexibility index (Phi) is 5.20. The number of aromatic nitrogens is 1. The predicted octanol–water partition coefficient (Wildman–Crippen LogP) is 9.09. The Morgan fingerprint density at radius 3 is 2.12 bits per heavy atom. The van der Waals surface area contributed by atoms with Gasteiger partial charge in [0.2, 0.25) is 0 Å². The lowest BCUT2D eigenvalue weighted by molar-refractivity contribution is 1.25. The number of fused-ring (bicyclic) bond motifs is 10. The fourth-order valence-corrected chi connectivity index (χ4v) is 13.1. The average Bonchev–Trinajstić information content (AvgIpc) is 3.41. The Morgan fingerprint density at radius 1 is 0.592 bits per heavy atom. The molecule has 0 aliphatic carbocycles. The van der Waals surface area contributed by atoms with Crippen molar-refractivity contribution < 1.29 is 0 Å². The molecule has 49 heavy (non-hydrogen) atoms. The second-order valence-electron chi connectivity index (χ2n) is 15.1. The lowest BCUT2D eigenvalue weighted by Crippen LogP contribution is -2.65. The normalized spacial score (nSPS) is 14.7. The Hall–Kier alpha value is -5.32. The lowest BCUT2D eigenvalue weighted by Gasteiger charge is -2.47. The molecule has 0 amide bonds. The van der Waals surface area contributed by atoms with E-state index in [4.69, 9.17) is 0 Å². The van der Waals surface area contributed by atoms with Crippen molar-refractivity contribution in [2.75, 3.05) is 4.90 Å². The third-order valence-corrected chi connectivity index (χ3v) is 15.5. The second kappa shape index (κ2) is 9.22. The van der Waals surface area contributed by atoms with Gasteiger partial charge in [-0.15, -0.1) is 0 Å². The molecule has 0 saturated carbocycles. The van der Waals surface area contributed by atoms with E-state index < -0.39 is 8.07 Å². The fraction of sp³-hybridized carbons (Fsp3) is 0.111. The van der Waals surface area contributed by atoms with Crippen LogP contribution in [0.2, 0.25) is 13.1 Å². The molecule has 4 heteroatoms. The highest BCUT2D eigenvalue weighted by Crippen LogP contribution is 2.48. The molecule has 2 nitrogen and oxygen atoms in total. The van der Waals surface area contributed by atoms with Gasteiger partial charge in [-0.2, -0.15) is 0 Å². The summed E-state index contributed by atoms with van der Waals surface area (Å²) in [4.78, 5) is 2.65. The maximum absolute atomic E-state index is 2.71. The number of para-hydroxylation sites is 3. The molecule has 0 radical (unpaired) electrons. The van der Waals surface area contributed by atoms with Gasteiger partial charge in [0.15, 0.2) is 0 Å². The van der Waals surface area contributed by atoms with Crippen LogP contribution in [0.4, 0.5) is 17.1 Å². The first-order valence-corrected chi connectivity index (χ1v) is 20.6. The van der Waals surface area contributed by atoms with Gasteiger partial charge in [0.1, 0.15) is 8.07 Å². The Bertz CT molecular complexity index is 2780. The van der Waals surface area contributed by atoms with Crippen molar-refractivity contribution in [2.24, 2.45) is 0 Å². The molecule has 232 valence electrons. The van der Waals surface area contributed by atoms with E-state index >= 15 is 0 Å². The smallest absolute Gasteiger partial charge is 0.333 e. The molecular weight excluding hydrogens is 607 g/mol. The molecule has 0 bridgehead atoms. The molecule has 0 N–H and O–H groups in total. The van der Waals surface area contributed by atoms with Crippen LogP contribution < -0.4 is 26.2 Å².